The Kier molecular flexibility index (Phi) is 3.93. The Hall–Kier alpha value is -1.15. The number of carbonyl (C=O) groups excluding carboxylic acids is 1. The molecule has 2 fully saturated rings. The van der Waals surface area contributed by atoms with Crippen molar-refractivity contribution < 1.29 is 9.00 Å². The molecule has 3 rings (SSSR count). The number of thiazole rings is 1. The maximum atomic E-state index is 12.4. The van der Waals surface area contributed by atoms with E-state index in [1.54, 1.807) is 4.90 Å². The van der Waals surface area contributed by atoms with Crippen molar-refractivity contribution in [3.63, 3.8) is 0 Å². The summed E-state index contributed by atoms with van der Waals surface area (Å²) in [5.74, 6) is 1.32. The van der Waals surface area contributed by atoms with Crippen LogP contribution in [0.1, 0.15) is 28.9 Å². The molecule has 8 heteroatoms. The van der Waals surface area contributed by atoms with Crippen molar-refractivity contribution in [3.8, 4) is 0 Å². The normalized spacial score (nSPS) is 20.7. The lowest BCUT2D eigenvalue weighted by Gasteiger charge is -2.26. The lowest BCUT2D eigenvalue weighted by atomic mass is 9.93. The number of hydrogen-bond acceptors (Lipinski definition) is 6. The van der Waals surface area contributed by atoms with E-state index in [1.165, 1.54) is 17.8 Å². The standard InChI is InChI=1S/C12H18N4O2S2/c13-10-9(11(17)16-4-6-20(18)7-5-16)19-12(15-10)14-8-2-1-3-8/h8H,1-7,13H2,(H,14,15). The molecule has 1 aromatic heterocycles. The molecule has 1 aliphatic heterocycles. The lowest BCUT2D eigenvalue weighted by molar-refractivity contribution is 0.0777. The van der Waals surface area contributed by atoms with E-state index in [4.69, 9.17) is 5.73 Å². The Morgan fingerprint density at radius 2 is 2.10 bits per heavy atom. The smallest absolute Gasteiger partial charge is 0.267 e. The monoisotopic (exact) mass is 314 g/mol. The molecule has 110 valence electrons. The average Bonchev–Trinajstić information content (AvgIpc) is 2.75. The number of amides is 1. The molecule has 2 heterocycles. The average molecular weight is 314 g/mol. The Bertz CT molecular complexity index is 532. The van der Waals surface area contributed by atoms with Gasteiger partial charge >= 0.3 is 0 Å². The highest BCUT2D eigenvalue weighted by Gasteiger charge is 2.26. The minimum atomic E-state index is -0.785. The molecule has 0 radical (unpaired) electrons. The number of hydrogen-bond donors (Lipinski definition) is 2. The highest BCUT2D eigenvalue weighted by atomic mass is 32.2. The third-order valence-corrected chi connectivity index (χ3v) is 6.01. The van der Waals surface area contributed by atoms with Gasteiger partial charge in [-0.05, 0) is 19.3 Å². The van der Waals surface area contributed by atoms with Crippen LogP contribution in [0.3, 0.4) is 0 Å². The molecular weight excluding hydrogens is 296 g/mol. The molecule has 0 unspecified atom stereocenters. The summed E-state index contributed by atoms with van der Waals surface area (Å²) in [5, 5.41) is 4.05. The lowest BCUT2D eigenvalue weighted by Crippen LogP contribution is -2.41. The number of nitrogens with two attached hydrogens (primary N) is 1. The maximum absolute atomic E-state index is 12.4. The van der Waals surface area contributed by atoms with Crippen molar-refractivity contribution in [1.82, 2.24) is 9.88 Å². The van der Waals surface area contributed by atoms with Crippen molar-refractivity contribution in [1.29, 1.82) is 0 Å². The van der Waals surface area contributed by atoms with Gasteiger partial charge in [-0.3, -0.25) is 9.00 Å². The van der Waals surface area contributed by atoms with E-state index in [0.717, 1.165) is 18.0 Å². The molecule has 3 N–H and O–H groups in total. The summed E-state index contributed by atoms with van der Waals surface area (Å²) in [6, 6.07) is 0.473. The fraction of sp³-hybridized carbons (Fsp3) is 0.667. The zero-order chi connectivity index (χ0) is 14.1. The second-order valence-corrected chi connectivity index (χ2v) is 7.84. The molecule has 0 spiro atoms. The van der Waals surface area contributed by atoms with Gasteiger partial charge in [-0.25, -0.2) is 4.98 Å². The van der Waals surface area contributed by atoms with Crippen LogP contribution in [-0.2, 0) is 10.8 Å². The number of aromatic nitrogens is 1. The van der Waals surface area contributed by atoms with Crippen molar-refractivity contribution >= 4 is 39.0 Å². The van der Waals surface area contributed by atoms with E-state index in [9.17, 15) is 9.00 Å². The summed E-state index contributed by atoms with van der Waals surface area (Å²) in [4.78, 5) is 18.9. The van der Waals surface area contributed by atoms with Crippen LogP contribution in [0.15, 0.2) is 0 Å². The number of anilines is 2. The summed E-state index contributed by atoms with van der Waals surface area (Å²) in [6.45, 7) is 1.07. The fourth-order valence-corrected chi connectivity index (χ4v) is 4.24. The van der Waals surface area contributed by atoms with Gasteiger partial charge in [-0.1, -0.05) is 11.3 Å². The second kappa shape index (κ2) is 5.69. The van der Waals surface area contributed by atoms with E-state index in [0.29, 0.717) is 41.3 Å². The number of nitrogens with one attached hydrogen (secondary N) is 1. The Morgan fingerprint density at radius 3 is 2.70 bits per heavy atom. The van der Waals surface area contributed by atoms with Gasteiger partial charge in [0.1, 0.15) is 10.7 Å². The van der Waals surface area contributed by atoms with Crippen molar-refractivity contribution in [2.75, 3.05) is 35.6 Å². The maximum Gasteiger partial charge on any atom is 0.267 e. The predicted molar refractivity (Wildman–Crippen MR) is 81.6 cm³/mol. The van der Waals surface area contributed by atoms with Crippen LogP contribution in [0.25, 0.3) is 0 Å². The van der Waals surface area contributed by atoms with Crippen LogP contribution in [0.5, 0.6) is 0 Å². The summed E-state index contributed by atoms with van der Waals surface area (Å²) >= 11 is 1.33. The van der Waals surface area contributed by atoms with Crippen LogP contribution in [0.2, 0.25) is 0 Å². The molecule has 1 saturated heterocycles. The zero-order valence-corrected chi connectivity index (χ0v) is 12.8. The van der Waals surface area contributed by atoms with Gasteiger partial charge in [-0.2, -0.15) is 0 Å². The molecule has 1 aliphatic carbocycles. The van der Waals surface area contributed by atoms with Crippen molar-refractivity contribution in [2.45, 2.75) is 25.3 Å². The van der Waals surface area contributed by atoms with Crippen LogP contribution in [-0.4, -0.2) is 50.6 Å². The first-order valence-corrected chi connectivity index (χ1v) is 9.11. The van der Waals surface area contributed by atoms with E-state index in [-0.39, 0.29) is 5.91 Å². The summed E-state index contributed by atoms with van der Waals surface area (Å²) in [7, 11) is -0.785. The molecule has 6 nitrogen and oxygen atoms in total. The van der Waals surface area contributed by atoms with Gasteiger partial charge in [0.15, 0.2) is 5.13 Å². The van der Waals surface area contributed by atoms with E-state index < -0.39 is 10.8 Å². The van der Waals surface area contributed by atoms with Gasteiger partial charge in [0.2, 0.25) is 0 Å². The molecule has 1 amide bonds. The first-order chi connectivity index (χ1) is 9.63. The molecule has 0 aromatic carbocycles. The van der Waals surface area contributed by atoms with Gasteiger partial charge < -0.3 is 16.0 Å². The number of nitrogens with zero attached hydrogens (tertiary/aromatic N) is 2. The summed E-state index contributed by atoms with van der Waals surface area (Å²) in [5.41, 5.74) is 5.86. The Balaban J connectivity index is 1.69. The highest BCUT2D eigenvalue weighted by Crippen LogP contribution is 2.30. The summed E-state index contributed by atoms with van der Waals surface area (Å²) in [6.07, 6.45) is 3.55. The molecule has 0 atom stereocenters. The first-order valence-electron chi connectivity index (χ1n) is 6.80. The molecule has 20 heavy (non-hydrogen) atoms. The minimum Gasteiger partial charge on any atom is -0.382 e. The van der Waals surface area contributed by atoms with E-state index in [2.05, 4.69) is 10.3 Å². The molecular formula is C12H18N4O2S2. The summed E-state index contributed by atoms with van der Waals surface area (Å²) < 4.78 is 11.3. The van der Waals surface area contributed by atoms with Gasteiger partial charge in [-0.15, -0.1) is 0 Å². The highest BCUT2D eigenvalue weighted by molar-refractivity contribution is 7.85. The Morgan fingerprint density at radius 1 is 1.40 bits per heavy atom. The molecule has 0 bridgehead atoms. The van der Waals surface area contributed by atoms with Crippen LogP contribution in [0, 0.1) is 0 Å². The minimum absolute atomic E-state index is 0.0849. The van der Waals surface area contributed by atoms with E-state index in [1.807, 2.05) is 0 Å². The van der Waals surface area contributed by atoms with Crippen molar-refractivity contribution in [2.24, 2.45) is 0 Å². The first kappa shape index (κ1) is 13.8. The third-order valence-electron chi connectivity index (χ3n) is 3.75. The fourth-order valence-electron chi connectivity index (χ4n) is 2.26. The van der Waals surface area contributed by atoms with Crippen LogP contribution in [0.4, 0.5) is 10.9 Å². The van der Waals surface area contributed by atoms with Gasteiger partial charge in [0, 0.05) is 41.4 Å². The van der Waals surface area contributed by atoms with Crippen LogP contribution >= 0.6 is 11.3 Å². The largest absolute Gasteiger partial charge is 0.382 e. The molecule has 2 aliphatic rings. The zero-order valence-electron chi connectivity index (χ0n) is 11.1. The quantitative estimate of drug-likeness (QED) is 0.865. The second-order valence-electron chi connectivity index (χ2n) is 5.15. The van der Waals surface area contributed by atoms with Gasteiger partial charge in [0.05, 0.1) is 0 Å². The number of nitrogen functional groups attached to an aromatic ring is 1. The number of rotatable bonds is 3. The SMILES string of the molecule is Nc1nc(NC2CCC2)sc1C(=O)N1CCS(=O)CC1. The third kappa shape index (κ3) is 2.80. The number of carbonyl (C=O) groups is 1. The topological polar surface area (TPSA) is 88.3 Å². The van der Waals surface area contributed by atoms with E-state index >= 15 is 0 Å². The van der Waals surface area contributed by atoms with Gasteiger partial charge in [0.25, 0.3) is 5.91 Å². The van der Waals surface area contributed by atoms with Crippen LogP contribution < -0.4 is 11.1 Å². The Labute approximate surface area is 124 Å². The molecule has 1 saturated carbocycles. The molecule has 1 aromatic rings. The van der Waals surface area contributed by atoms with Crippen molar-refractivity contribution in [3.05, 3.63) is 4.88 Å². The predicted octanol–water partition coefficient (Wildman–Crippen LogP) is 0.894.